The third-order valence-electron chi connectivity index (χ3n) is 4.05. The third-order valence-corrected chi connectivity index (χ3v) is 4.05. The molecule has 2 atom stereocenters. The molecule has 112 valence electrons. The molecule has 1 aromatic carbocycles. The first-order valence-electron chi connectivity index (χ1n) is 7.13. The van der Waals surface area contributed by atoms with Crippen molar-refractivity contribution in [3.63, 3.8) is 0 Å². The summed E-state index contributed by atoms with van der Waals surface area (Å²) in [6.45, 7) is 4.93. The molecule has 1 saturated heterocycles. The number of aliphatic hydroxyl groups excluding tert-OH is 1. The molecule has 4 nitrogen and oxygen atoms in total. The molecule has 0 radical (unpaired) electrons. The van der Waals surface area contributed by atoms with Gasteiger partial charge >= 0.3 is 0 Å². The molecule has 1 fully saturated rings. The predicted octanol–water partition coefficient (Wildman–Crippen LogP) is 2.74. The van der Waals surface area contributed by atoms with Gasteiger partial charge in [-0.1, -0.05) is 12.1 Å². The van der Waals surface area contributed by atoms with Gasteiger partial charge in [-0.2, -0.15) is 0 Å². The van der Waals surface area contributed by atoms with E-state index < -0.39 is 0 Å². The van der Waals surface area contributed by atoms with Crippen LogP contribution in [-0.2, 0) is 6.54 Å². The molecular formula is C16H19FN2O2. The van der Waals surface area contributed by atoms with Gasteiger partial charge < -0.3 is 9.52 Å². The van der Waals surface area contributed by atoms with Crippen molar-refractivity contribution in [1.82, 2.24) is 9.88 Å². The molecule has 1 N–H and O–H groups in total. The summed E-state index contributed by atoms with van der Waals surface area (Å²) in [5.74, 6) is 1.23. The Kier molecular flexibility index (Phi) is 3.78. The molecule has 2 heterocycles. The molecule has 0 bridgehead atoms. The highest BCUT2D eigenvalue weighted by molar-refractivity contribution is 5.21. The number of nitrogens with zero attached hydrogens (tertiary/aromatic N) is 2. The second kappa shape index (κ2) is 5.58. The van der Waals surface area contributed by atoms with Crippen molar-refractivity contribution in [2.45, 2.75) is 39.0 Å². The zero-order valence-corrected chi connectivity index (χ0v) is 12.2. The minimum absolute atomic E-state index is 0.0631. The number of aryl methyl sites for hydroxylation is 2. The van der Waals surface area contributed by atoms with Gasteiger partial charge in [0.1, 0.15) is 11.6 Å². The fourth-order valence-corrected chi connectivity index (χ4v) is 2.87. The van der Waals surface area contributed by atoms with Crippen LogP contribution in [0, 0.1) is 19.7 Å². The Morgan fingerprint density at radius 3 is 2.67 bits per heavy atom. The molecule has 0 aliphatic carbocycles. The normalized spacial score (nSPS) is 22.9. The topological polar surface area (TPSA) is 49.5 Å². The first-order chi connectivity index (χ1) is 10.0. The summed E-state index contributed by atoms with van der Waals surface area (Å²) in [6, 6.07) is 6.52. The van der Waals surface area contributed by atoms with Crippen LogP contribution in [0.5, 0.6) is 0 Å². The number of oxazole rings is 1. The summed E-state index contributed by atoms with van der Waals surface area (Å²) in [6.07, 6.45) is 0.266. The van der Waals surface area contributed by atoms with Gasteiger partial charge in [0.25, 0.3) is 0 Å². The number of rotatable bonds is 3. The largest absolute Gasteiger partial charge is 0.444 e. The van der Waals surface area contributed by atoms with Gasteiger partial charge in [0.05, 0.1) is 18.3 Å². The molecule has 0 spiro atoms. The highest BCUT2D eigenvalue weighted by Gasteiger charge is 2.32. The summed E-state index contributed by atoms with van der Waals surface area (Å²) in [7, 11) is 0. The number of hydrogen-bond acceptors (Lipinski definition) is 4. The molecule has 0 unspecified atom stereocenters. The van der Waals surface area contributed by atoms with Crippen LogP contribution in [-0.4, -0.2) is 27.6 Å². The van der Waals surface area contributed by atoms with E-state index in [-0.39, 0.29) is 18.0 Å². The van der Waals surface area contributed by atoms with Crippen molar-refractivity contribution in [3.8, 4) is 0 Å². The smallest absolute Gasteiger partial charge is 0.208 e. The number of likely N-dealkylation sites (tertiary alicyclic amines) is 1. The SMILES string of the molecule is Cc1nc(CN2C[C@@H](O)C[C@@H]2c2ccc(F)cc2)oc1C. The summed E-state index contributed by atoms with van der Waals surface area (Å²) in [5.41, 5.74) is 1.90. The minimum Gasteiger partial charge on any atom is -0.444 e. The summed E-state index contributed by atoms with van der Waals surface area (Å²) in [5, 5.41) is 9.96. The minimum atomic E-state index is -0.378. The van der Waals surface area contributed by atoms with Crippen LogP contribution < -0.4 is 0 Å². The number of halogens is 1. The summed E-state index contributed by atoms with van der Waals surface area (Å²) < 4.78 is 18.7. The molecule has 1 aliphatic heterocycles. The van der Waals surface area contributed by atoms with E-state index in [1.54, 1.807) is 12.1 Å². The Labute approximate surface area is 123 Å². The van der Waals surface area contributed by atoms with Gasteiger partial charge in [-0.25, -0.2) is 9.37 Å². The van der Waals surface area contributed by atoms with Crippen molar-refractivity contribution in [2.24, 2.45) is 0 Å². The molecule has 1 aromatic heterocycles. The first-order valence-corrected chi connectivity index (χ1v) is 7.13. The lowest BCUT2D eigenvalue weighted by atomic mass is 10.0. The van der Waals surface area contributed by atoms with Crippen molar-refractivity contribution in [2.75, 3.05) is 6.54 Å². The molecular weight excluding hydrogens is 271 g/mol. The lowest BCUT2D eigenvalue weighted by Gasteiger charge is -2.22. The average molecular weight is 290 g/mol. The second-order valence-electron chi connectivity index (χ2n) is 5.64. The molecule has 5 heteroatoms. The van der Waals surface area contributed by atoms with Crippen LogP contribution in [0.1, 0.15) is 35.4 Å². The van der Waals surface area contributed by atoms with Crippen LogP contribution in [0.2, 0.25) is 0 Å². The van der Waals surface area contributed by atoms with Crippen LogP contribution in [0.15, 0.2) is 28.7 Å². The second-order valence-corrected chi connectivity index (χ2v) is 5.64. The number of aliphatic hydroxyl groups is 1. The average Bonchev–Trinajstić information content (AvgIpc) is 2.94. The van der Waals surface area contributed by atoms with E-state index >= 15 is 0 Å². The Hall–Kier alpha value is -1.72. The maximum atomic E-state index is 13.1. The Balaban J connectivity index is 1.80. The van der Waals surface area contributed by atoms with Crippen molar-refractivity contribution < 1.29 is 13.9 Å². The van der Waals surface area contributed by atoms with E-state index in [0.717, 1.165) is 17.0 Å². The molecule has 3 rings (SSSR count). The van der Waals surface area contributed by atoms with Crippen LogP contribution in [0.25, 0.3) is 0 Å². The van der Waals surface area contributed by atoms with E-state index in [1.807, 2.05) is 13.8 Å². The van der Waals surface area contributed by atoms with E-state index in [0.29, 0.717) is 25.4 Å². The van der Waals surface area contributed by atoms with Crippen LogP contribution >= 0.6 is 0 Å². The molecule has 1 aliphatic rings. The maximum Gasteiger partial charge on any atom is 0.208 e. The Morgan fingerprint density at radius 1 is 1.33 bits per heavy atom. The summed E-state index contributed by atoms with van der Waals surface area (Å²) in [4.78, 5) is 6.52. The zero-order chi connectivity index (χ0) is 15.0. The zero-order valence-electron chi connectivity index (χ0n) is 12.2. The van der Waals surface area contributed by atoms with Crippen LogP contribution in [0.3, 0.4) is 0 Å². The van der Waals surface area contributed by atoms with Gasteiger partial charge in [-0.05, 0) is 38.0 Å². The van der Waals surface area contributed by atoms with Crippen molar-refractivity contribution in [1.29, 1.82) is 0 Å². The predicted molar refractivity (Wildman–Crippen MR) is 76.2 cm³/mol. The van der Waals surface area contributed by atoms with E-state index in [9.17, 15) is 9.50 Å². The maximum absolute atomic E-state index is 13.1. The number of benzene rings is 1. The number of aromatic nitrogens is 1. The first kappa shape index (κ1) is 14.2. The quantitative estimate of drug-likeness (QED) is 0.944. The van der Waals surface area contributed by atoms with Crippen molar-refractivity contribution >= 4 is 0 Å². The van der Waals surface area contributed by atoms with Gasteiger partial charge in [-0.3, -0.25) is 4.90 Å². The van der Waals surface area contributed by atoms with Crippen molar-refractivity contribution in [3.05, 3.63) is 53.0 Å². The molecule has 21 heavy (non-hydrogen) atoms. The molecule has 0 saturated carbocycles. The van der Waals surface area contributed by atoms with E-state index in [2.05, 4.69) is 9.88 Å². The van der Waals surface area contributed by atoms with Gasteiger partial charge in [-0.15, -0.1) is 0 Å². The van der Waals surface area contributed by atoms with Gasteiger partial charge in [0, 0.05) is 12.6 Å². The fraction of sp³-hybridized carbons (Fsp3) is 0.438. The lowest BCUT2D eigenvalue weighted by molar-refractivity contribution is 0.167. The van der Waals surface area contributed by atoms with E-state index in [4.69, 9.17) is 4.42 Å². The van der Waals surface area contributed by atoms with E-state index in [1.165, 1.54) is 12.1 Å². The molecule has 0 amide bonds. The van der Waals surface area contributed by atoms with Gasteiger partial charge in [0.2, 0.25) is 5.89 Å². The third kappa shape index (κ3) is 2.99. The number of β-amino-alcohol motifs (C(OH)–C–C–N with tert-alkyl or cyclic N) is 1. The van der Waals surface area contributed by atoms with Gasteiger partial charge in [0.15, 0.2) is 0 Å². The molecule has 2 aromatic rings. The van der Waals surface area contributed by atoms with Crippen LogP contribution in [0.4, 0.5) is 4.39 Å². The lowest BCUT2D eigenvalue weighted by Crippen LogP contribution is -2.24. The standard InChI is InChI=1S/C16H19FN2O2/c1-10-11(2)21-16(18-10)9-19-8-14(20)7-15(19)12-3-5-13(17)6-4-12/h3-6,14-15,20H,7-9H2,1-2H3/t14-,15+/m0/s1. The summed E-state index contributed by atoms with van der Waals surface area (Å²) >= 11 is 0. The number of hydrogen-bond donors (Lipinski definition) is 1. The highest BCUT2D eigenvalue weighted by Crippen LogP contribution is 2.33. The Bertz CT molecular complexity index is 604. The highest BCUT2D eigenvalue weighted by atomic mass is 19.1. The monoisotopic (exact) mass is 290 g/mol. The Morgan fingerprint density at radius 2 is 2.05 bits per heavy atom. The fourth-order valence-electron chi connectivity index (χ4n) is 2.87.